The molecule has 2 N–H and O–H groups in total. The first-order valence-electron chi connectivity index (χ1n) is 7.31. The van der Waals surface area contributed by atoms with Crippen molar-refractivity contribution in [3.63, 3.8) is 0 Å². The first kappa shape index (κ1) is 15.3. The van der Waals surface area contributed by atoms with Gasteiger partial charge in [-0.2, -0.15) is 0 Å². The zero-order valence-corrected chi connectivity index (χ0v) is 13.5. The number of rotatable bonds is 3. The minimum atomic E-state index is -0.132. The van der Waals surface area contributed by atoms with Crippen LogP contribution in [0.3, 0.4) is 0 Å². The topological polar surface area (TPSA) is 55.0 Å². The van der Waals surface area contributed by atoms with Crippen LogP contribution >= 0.6 is 0 Å². The highest BCUT2D eigenvalue weighted by Gasteiger charge is 2.22. The number of nitrogens with two attached hydrogens (primary N) is 1. The first-order valence-corrected chi connectivity index (χ1v) is 7.31. The molecule has 112 valence electrons. The van der Waals surface area contributed by atoms with Crippen molar-refractivity contribution in [3.05, 3.63) is 41.7 Å². The molecule has 0 aliphatic rings. The van der Waals surface area contributed by atoms with Crippen molar-refractivity contribution in [2.45, 2.75) is 40.0 Å². The lowest BCUT2D eigenvalue weighted by Crippen LogP contribution is -2.24. The zero-order chi connectivity index (χ0) is 15.6. The van der Waals surface area contributed by atoms with E-state index in [2.05, 4.69) is 49.7 Å². The van der Waals surface area contributed by atoms with Crippen molar-refractivity contribution in [2.75, 3.05) is 17.2 Å². The molecule has 0 atom stereocenters. The predicted octanol–water partition coefficient (Wildman–Crippen LogP) is 3.82. The summed E-state index contributed by atoms with van der Waals surface area (Å²) in [4.78, 5) is 11.4. The number of hydrogen-bond donors (Lipinski definition) is 1. The Bertz CT molecular complexity index is 615. The van der Waals surface area contributed by atoms with Gasteiger partial charge in [0, 0.05) is 23.2 Å². The third-order valence-corrected chi connectivity index (χ3v) is 3.47. The molecule has 1 aromatic heterocycles. The fourth-order valence-corrected chi connectivity index (χ4v) is 2.18. The van der Waals surface area contributed by atoms with E-state index in [1.165, 1.54) is 0 Å². The van der Waals surface area contributed by atoms with Crippen molar-refractivity contribution in [1.29, 1.82) is 0 Å². The van der Waals surface area contributed by atoms with Gasteiger partial charge in [0.15, 0.2) is 0 Å². The second-order valence-corrected chi connectivity index (χ2v) is 6.21. The van der Waals surface area contributed by atoms with Gasteiger partial charge in [0.05, 0.1) is 0 Å². The number of benzene rings is 1. The van der Waals surface area contributed by atoms with Gasteiger partial charge < -0.3 is 10.6 Å². The monoisotopic (exact) mass is 284 g/mol. The van der Waals surface area contributed by atoms with E-state index in [9.17, 15) is 0 Å². The summed E-state index contributed by atoms with van der Waals surface area (Å²) in [6.45, 7) is 11.2. The van der Waals surface area contributed by atoms with E-state index in [1.807, 2.05) is 25.1 Å². The van der Waals surface area contributed by atoms with E-state index < -0.39 is 0 Å². The van der Waals surface area contributed by atoms with E-state index in [0.29, 0.717) is 5.82 Å². The number of nitrogens with zero attached hydrogens (tertiary/aromatic N) is 3. The summed E-state index contributed by atoms with van der Waals surface area (Å²) in [6, 6.07) is 10.2. The fourth-order valence-electron chi connectivity index (χ4n) is 2.18. The molecule has 0 amide bonds. The number of para-hydroxylation sites is 1. The molecule has 4 nitrogen and oxygen atoms in total. The number of nitrogen functional groups attached to an aromatic ring is 1. The standard InChI is InChI=1S/C17H24N4/c1-6-21(13-10-8-7-9-11-13)15-12(2)14(18)19-16(20-15)17(3,4)5/h7-11H,6H2,1-5H3,(H2,18,19,20). The van der Waals surface area contributed by atoms with E-state index in [1.54, 1.807) is 0 Å². The molecular formula is C17H24N4. The number of aromatic nitrogens is 2. The van der Waals surface area contributed by atoms with Crippen molar-refractivity contribution < 1.29 is 0 Å². The maximum atomic E-state index is 6.11. The van der Waals surface area contributed by atoms with E-state index in [-0.39, 0.29) is 5.41 Å². The van der Waals surface area contributed by atoms with Crippen LogP contribution in [0.15, 0.2) is 30.3 Å². The summed E-state index contributed by atoms with van der Waals surface area (Å²) >= 11 is 0. The van der Waals surface area contributed by atoms with Gasteiger partial charge in [-0.3, -0.25) is 0 Å². The molecule has 1 aromatic carbocycles. The highest BCUT2D eigenvalue weighted by Crippen LogP contribution is 2.31. The van der Waals surface area contributed by atoms with Gasteiger partial charge in [-0.15, -0.1) is 0 Å². The lowest BCUT2D eigenvalue weighted by atomic mass is 9.95. The van der Waals surface area contributed by atoms with Crippen molar-refractivity contribution in [2.24, 2.45) is 0 Å². The summed E-state index contributed by atoms with van der Waals surface area (Å²) in [5.74, 6) is 2.22. The molecule has 0 saturated heterocycles. The molecule has 2 aromatic rings. The van der Waals surface area contributed by atoms with Gasteiger partial charge in [0.25, 0.3) is 0 Å². The highest BCUT2D eigenvalue weighted by atomic mass is 15.2. The van der Waals surface area contributed by atoms with Crippen LogP contribution < -0.4 is 10.6 Å². The molecule has 0 spiro atoms. The minimum Gasteiger partial charge on any atom is -0.383 e. The average Bonchev–Trinajstić information content (AvgIpc) is 2.44. The lowest BCUT2D eigenvalue weighted by Gasteiger charge is -2.27. The minimum absolute atomic E-state index is 0.132. The number of anilines is 3. The quantitative estimate of drug-likeness (QED) is 0.931. The van der Waals surface area contributed by atoms with Crippen molar-refractivity contribution >= 4 is 17.3 Å². The van der Waals surface area contributed by atoms with Crippen LogP contribution in [0, 0.1) is 6.92 Å². The van der Waals surface area contributed by atoms with Crippen LogP contribution in [0.2, 0.25) is 0 Å². The molecule has 0 aliphatic carbocycles. The summed E-state index contributed by atoms with van der Waals surface area (Å²) in [5, 5.41) is 0. The van der Waals surface area contributed by atoms with Crippen LogP contribution in [-0.2, 0) is 5.41 Å². The second kappa shape index (κ2) is 5.72. The summed E-state index contributed by atoms with van der Waals surface area (Å²) in [5.41, 5.74) is 8.02. The maximum Gasteiger partial charge on any atom is 0.141 e. The summed E-state index contributed by atoms with van der Waals surface area (Å²) < 4.78 is 0. The second-order valence-electron chi connectivity index (χ2n) is 6.21. The predicted molar refractivity (Wildman–Crippen MR) is 89.0 cm³/mol. The Labute approximate surface area is 127 Å². The fraction of sp³-hybridized carbons (Fsp3) is 0.412. The van der Waals surface area contributed by atoms with Gasteiger partial charge in [-0.05, 0) is 26.0 Å². The molecule has 0 unspecified atom stereocenters. The van der Waals surface area contributed by atoms with Gasteiger partial charge in [-0.25, -0.2) is 9.97 Å². The molecule has 0 saturated carbocycles. The Kier molecular flexibility index (Phi) is 4.16. The van der Waals surface area contributed by atoms with Crippen LogP contribution in [0.25, 0.3) is 0 Å². The van der Waals surface area contributed by atoms with E-state index in [4.69, 9.17) is 10.7 Å². The van der Waals surface area contributed by atoms with Crippen LogP contribution in [0.1, 0.15) is 39.1 Å². The summed E-state index contributed by atoms with van der Waals surface area (Å²) in [7, 11) is 0. The number of hydrogen-bond acceptors (Lipinski definition) is 4. The van der Waals surface area contributed by atoms with Crippen LogP contribution in [-0.4, -0.2) is 16.5 Å². The Morgan fingerprint density at radius 2 is 1.71 bits per heavy atom. The smallest absolute Gasteiger partial charge is 0.141 e. The largest absolute Gasteiger partial charge is 0.383 e. The highest BCUT2D eigenvalue weighted by molar-refractivity contribution is 5.66. The molecule has 2 rings (SSSR count). The Morgan fingerprint density at radius 3 is 2.24 bits per heavy atom. The molecule has 0 fully saturated rings. The van der Waals surface area contributed by atoms with Gasteiger partial charge in [-0.1, -0.05) is 39.0 Å². The Hall–Kier alpha value is -2.10. The third kappa shape index (κ3) is 3.15. The van der Waals surface area contributed by atoms with Crippen LogP contribution in [0.4, 0.5) is 17.3 Å². The SMILES string of the molecule is CCN(c1ccccc1)c1nc(C(C)(C)C)nc(N)c1C. The zero-order valence-electron chi connectivity index (χ0n) is 13.5. The normalized spacial score (nSPS) is 11.5. The van der Waals surface area contributed by atoms with Gasteiger partial charge >= 0.3 is 0 Å². The van der Waals surface area contributed by atoms with Crippen molar-refractivity contribution in [3.8, 4) is 0 Å². The molecule has 4 heteroatoms. The molecule has 0 radical (unpaired) electrons. The molecule has 0 bridgehead atoms. The molecule has 21 heavy (non-hydrogen) atoms. The van der Waals surface area contributed by atoms with E-state index >= 15 is 0 Å². The maximum absolute atomic E-state index is 6.11. The first-order chi connectivity index (χ1) is 9.84. The average molecular weight is 284 g/mol. The third-order valence-electron chi connectivity index (χ3n) is 3.47. The van der Waals surface area contributed by atoms with Gasteiger partial charge in [0.2, 0.25) is 0 Å². The van der Waals surface area contributed by atoms with Crippen LogP contribution in [0.5, 0.6) is 0 Å². The molecule has 1 heterocycles. The van der Waals surface area contributed by atoms with Crippen molar-refractivity contribution in [1.82, 2.24) is 9.97 Å². The molecule has 0 aliphatic heterocycles. The Morgan fingerprint density at radius 1 is 1.10 bits per heavy atom. The Balaban J connectivity index is 2.58. The van der Waals surface area contributed by atoms with E-state index in [0.717, 1.165) is 29.4 Å². The lowest BCUT2D eigenvalue weighted by molar-refractivity contribution is 0.545. The summed E-state index contributed by atoms with van der Waals surface area (Å²) in [6.07, 6.45) is 0. The molecular weight excluding hydrogens is 260 g/mol. The van der Waals surface area contributed by atoms with Gasteiger partial charge in [0.1, 0.15) is 17.5 Å².